The van der Waals surface area contributed by atoms with Crippen molar-refractivity contribution in [2.45, 2.75) is 64.8 Å². The number of ether oxygens (including phenoxy) is 3. The van der Waals surface area contributed by atoms with E-state index in [2.05, 4.69) is 6.92 Å². The Balaban J connectivity index is 2.04. The molecule has 1 aromatic carbocycles. The molecule has 7 nitrogen and oxygen atoms in total. The van der Waals surface area contributed by atoms with Crippen molar-refractivity contribution in [1.82, 2.24) is 9.80 Å². The van der Waals surface area contributed by atoms with Gasteiger partial charge in [0.1, 0.15) is 0 Å². The predicted octanol–water partition coefficient (Wildman–Crippen LogP) is 5.56. The molecule has 0 N–H and O–H groups in total. The highest BCUT2D eigenvalue weighted by molar-refractivity contribution is 7.09. The minimum absolute atomic E-state index is 0.0249. The number of thiophene rings is 1. The van der Waals surface area contributed by atoms with Gasteiger partial charge >= 0.3 is 0 Å². The molecule has 2 aromatic rings. The fraction of sp³-hybridized carbons (Fsp3) is 0.586. The number of amides is 2. The fourth-order valence-corrected chi connectivity index (χ4v) is 4.87. The molecule has 0 spiro atoms. The molecule has 0 aliphatic heterocycles. The van der Waals surface area contributed by atoms with Gasteiger partial charge in [0.2, 0.25) is 11.8 Å². The number of unbranched alkanes of at least 4 members (excludes halogenated alkanes) is 5. The topological polar surface area (TPSA) is 68.3 Å². The Morgan fingerprint density at radius 3 is 2.30 bits per heavy atom. The average molecular weight is 533 g/mol. The maximum absolute atomic E-state index is 13.5. The molecule has 2 rings (SSSR count). The monoisotopic (exact) mass is 532 g/mol. The van der Waals surface area contributed by atoms with E-state index in [1.807, 2.05) is 40.6 Å². The van der Waals surface area contributed by atoms with Gasteiger partial charge in [-0.15, -0.1) is 11.3 Å². The zero-order valence-electron chi connectivity index (χ0n) is 23.0. The van der Waals surface area contributed by atoms with Crippen molar-refractivity contribution in [3.05, 3.63) is 46.2 Å². The van der Waals surface area contributed by atoms with Crippen LogP contribution in [0.15, 0.2) is 35.7 Å². The summed E-state index contributed by atoms with van der Waals surface area (Å²) in [4.78, 5) is 31.1. The molecule has 0 atom stereocenters. The van der Waals surface area contributed by atoms with Gasteiger partial charge in [-0.05, 0) is 42.0 Å². The number of carbonyl (C=O) groups is 2. The summed E-state index contributed by atoms with van der Waals surface area (Å²) in [6.45, 7) is 4.15. The number of rotatable bonds is 19. The minimum Gasteiger partial charge on any atom is -0.493 e. The first-order chi connectivity index (χ1) is 18.0. The summed E-state index contributed by atoms with van der Waals surface area (Å²) in [7, 11) is 4.84. The van der Waals surface area contributed by atoms with Crippen molar-refractivity contribution in [3.63, 3.8) is 0 Å². The Labute approximate surface area is 226 Å². The van der Waals surface area contributed by atoms with Gasteiger partial charge in [-0.2, -0.15) is 0 Å². The van der Waals surface area contributed by atoms with Crippen LogP contribution in [0.1, 0.15) is 62.3 Å². The van der Waals surface area contributed by atoms with E-state index in [1.165, 1.54) is 19.3 Å². The van der Waals surface area contributed by atoms with E-state index in [9.17, 15) is 9.59 Å². The molecule has 37 heavy (non-hydrogen) atoms. The molecule has 0 fully saturated rings. The largest absolute Gasteiger partial charge is 0.493 e. The number of hydrogen-bond donors (Lipinski definition) is 0. The highest BCUT2D eigenvalue weighted by atomic mass is 32.1. The summed E-state index contributed by atoms with van der Waals surface area (Å²) in [5.74, 6) is 1.32. The van der Waals surface area contributed by atoms with Gasteiger partial charge in [-0.1, -0.05) is 51.2 Å². The summed E-state index contributed by atoms with van der Waals surface area (Å²) in [5.41, 5.74) is 1.05. The molecule has 8 heteroatoms. The predicted molar refractivity (Wildman–Crippen MR) is 149 cm³/mol. The van der Waals surface area contributed by atoms with E-state index in [-0.39, 0.29) is 18.4 Å². The molecule has 0 unspecified atom stereocenters. The van der Waals surface area contributed by atoms with Gasteiger partial charge in [-0.3, -0.25) is 9.59 Å². The second kappa shape index (κ2) is 17.8. The van der Waals surface area contributed by atoms with Crippen LogP contribution in [0, 0.1) is 0 Å². The summed E-state index contributed by atoms with van der Waals surface area (Å²) in [6.07, 6.45) is 7.87. The van der Waals surface area contributed by atoms with E-state index in [4.69, 9.17) is 14.2 Å². The van der Waals surface area contributed by atoms with Crippen LogP contribution in [0.4, 0.5) is 0 Å². The Bertz CT molecular complexity index is 919. The molecule has 206 valence electrons. The van der Waals surface area contributed by atoms with Crippen molar-refractivity contribution in [3.8, 4) is 11.5 Å². The number of benzene rings is 1. The quantitative estimate of drug-likeness (QED) is 0.222. The molecule has 2 amide bonds. The molecule has 1 aromatic heterocycles. The molecular formula is C29H44N2O5S. The molecule has 0 radical (unpaired) electrons. The van der Waals surface area contributed by atoms with Gasteiger partial charge in [0.15, 0.2) is 11.5 Å². The van der Waals surface area contributed by atoms with E-state index < -0.39 is 0 Å². The van der Waals surface area contributed by atoms with Crippen LogP contribution < -0.4 is 9.47 Å². The third kappa shape index (κ3) is 11.1. The normalized spacial score (nSPS) is 10.8. The second-order valence-electron chi connectivity index (χ2n) is 9.16. The molecule has 0 bridgehead atoms. The lowest BCUT2D eigenvalue weighted by atomic mass is 10.1. The van der Waals surface area contributed by atoms with Crippen LogP contribution >= 0.6 is 11.3 Å². The van der Waals surface area contributed by atoms with Crippen LogP contribution in [0.3, 0.4) is 0 Å². The Morgan fingerprint density at radius 2 is 1.62 bits per heavy atom. The van der Waals surface area contributed by atoms with Gasteiger partial charge < -0.3 is 24.0 Å². The number of nitrogens with zero attached hydrogens (tertiary/aromatic N) is 2. The minimum atomic E-state index is -0.0544. The first kappa shape index (κ1) is 30.6. The Hall–Kier alpha value is -2.58. The Morgan fingerprint density at radius 1 is 0.865 bits per heavy atom. The molecule has 0 saturated heterocycles. The van der Waals surface area contributed by atoms with Crippen molar-refractivity contribution < 1.29 is 23.8 Å². The maximum atomic E-state index is 13.5. The fourth-order valence-electron chi connectivity index (χ4n) is 4.15. The lowest BCUT2D eigenvalue weighted by Crippen LogP contribution is -2.44. The first-order valence-electron chi connectivity index (χ1n) is 13.3. The smallest absolute Gasteiger partial charge is 0.242 e. The zero-order chi connectivity index (χ0) is 26.9. The van der Waals surface area contributed by atoms with E-state index >= 15 is 0 Å². The van der Waals surface area contributed by atoms with Gasteiger partial charge in [0, 0.05) is 31.5 Å². The van der Waals surface area contributed by atoms with Gasteiger partial charge in [0.05, 0.1) is 33.9 Å². The summed E-state index contributed by atoms with van der Waals surface area (Å²) < 4.78 is 16.0. The van der Waals surface area contributed by atoms with E-state index in [1.54, 1.807) is 37.6 Å². The molecule has 1 heterocycles. The summed E-state index contributed by atoms with van der Waals surface area (Å²) in [6, 6.07) is 9.85. The van der Waals surface area contributed by atoms with Crippen molar-refractivity contribution >= 4 is 23.2 Å². The number of methoxy groups -OCH3 is 3. The zero-order valence-corrected chi connectivity index (χ0v) is 23.8. The van der Waals surface area contributed by atoms with E-state index in [0.29, 0.717) is 50.6 Å². The van der Waals surface area contributed by atoms with Crippen LogP contribution in [0.2, 0.25) is 0 Å². The van der Waals surface area contributed by atoms with Crippen LogP contribution in [0.25, 0.3) is 0 Å². The second-order valence-corrected chi connectivity index (χ2v) is 10.2. The van der Waals surface area contributed by atoms with Gasteiger partial charge in [0.25, 0.3) is 0 Å². The van der Waals surface area contributed by atoms with Gasteiger partial charge in [-0.25, -0.2) is 0 Å². The van der Waals surface area contributed by atoms with Crippen LogP contribution in [0.5, 0.6) is 11.5 Å². The first-order valence-corrected chi connectivity index (χ1v) is 14.2. The summed E-state index contributed by atoms with van der Waals surface area (Å²) in [5, 5.41) is 2.02. The van der Waals surface area contributed by atoms with Crippen molar-refractivity contribution in [2.24, 2.45) is 0 Å². The molecule has 0 aliphatic rings. The third-order valence-corrected chi connectivity index (χ3v) is 7.25. The maximum Gasteiger partial charge on any atom is 0.242 e. The van der Waals surface area contributed by atoms with Crippen molar-refractivity contribution in [2.75, 3.05) is 47.6 Å². The van der Waals surface area contributed by atoms with E-state index in [0.717, 1.165) is 29.7 Å². The number of carbonyl (C=O) groups excluding carboxylic acids is 2. The third-order valence-electron chi connectivity index (χ3n) is 6.39. The average Bonchev–Trinajstić information content (AvgIpc) is 3.43. The lowest BCUT2D eigenvalue weighted by molar-refractivity contribution is -0.141. The summed E-state index contributed by atoms with van der Waals surface area (Å²) >= 11 is 1.63. The standard InChI is InChI=1S/C29H44N2O5S/c1-5-6-7-8-9-10-13-28(32)31(18-19-34-2)23-29(33)30(22-25-12-11-20-37-25)17-16-24-14-15-26(35-3)27(21-24)36-4/h11-12,14-15,20-21H,5-10,13,16-19,22-23H2,1-4H3. The lowest BCUT2D eigenvalue weighted by Gasteiger charge is -2.28. The molecular weight excluding hydrogens is 488 g/mol. The highest BCUT2D eigenvalue weighted by Gasteiger charge is 2.22. The Kier molecular flexibility index (Phi) is 14.7. The SMILES string of the molecule is CCCCCCCCC(=O)N(CCOC)CC(=O)N(CCc1ccc(OC)c(OC)c1)Cc1cccs1. The number of hydrogen-bond acceptors (Lipinski definition) is 6. The van der Waals surface area contributed by atoms with Crippen LogP contribution in [-0.4, -0.2) is 69.2 Å². The molecule has 0 saturated carbocycles. The highest BCUT2D eigenvalue weighted by Crippen LogP contribution is 2.28. The molecule has 0 aliphatic carbocycles. The van der Waals surface area contributed by atoms with Crippen molar-refractivity contribution in [1.29, 1.82) is 0 Å². The van der Waals surface area contributed by atoms with Crippen LogP contribution in [-0.2, 0) is 27.3 Å².